The van der Waals surface area contributed by atoms with Gasteiger partial charge in [0.05, 0.1) is 5.52 Å². The van der Waals surface area contributed by atoms with Crippen LogP contribution in [0.3, 0.4) is 0 Å². The highest BCUT2D eigenvalue weighted by molar-refractivity contribution is 7.18. The quantitative estimate of drug-likeness (QED) is 0.555. The first-order valence-electron chi connectivity index (χ1n) is 7.69. The van der Waals surface area contributed by atoms with Crippen molar-refractivity contribution in [2.24, 2.45) is 0 Å². The van der Waals surface area contributed by atoms with Crippen molar-refractivity contribution < 1.29 is 9.15 Å². The van der Waals surface area contributed by atoms with Gasteiger partial charge in [-0.15, -0.1) is 11.3 Å². The molecule has 4 rings (SSSR count). The van der Waals surface area contributed by atoms with Crippen LogP contribution >= 0.6 is 11.3 Å². The topological polar surface area (TPSA) is 64.4 Å². The van der Waals surface area contributed by atoms with Crippen molar-refractivity contribution in [1.82, 2.24) is 4.98 Å². The fraction of sp³-hybridized carbons (Fsp3) is 0.0526. The summed E-state index contributed by atoms with van der Waals surface area (Å²) in [6.45, 7) is 1.93. The number of hydrogen-bond donors (Lipinski definition) is 1. The van der Waals surface area contributed by atoms with Gasteiger partial charge in [0.15, 0.2) is 0 Å². The molecule has 25 heavy (non-hydrogen) atoms. The zero-order valence-corrected chi connectivity index (χ0v) is 14.2. The first kappa shape index (κ1) is 15.4. The van der Waals surface area contributed by atoms with E-state index < -0.39 is 0 Å². The van der Waals surface area contributed by atoms with Gasteiger partial charge in [-0.3, -0.25) is 0 Å². The number of aromatic nitrogens is 1. The minimum absolute atomic E-state index is 0.173. The van der Waals surface area contributed by atoms with Gasteiger partial charge in [0.25, 0.3) is 0 Å². The van der Waals surface area contributed by atoms with E-state index in [4.69, 9.17) is 9.15 Å². The maximum Gasteiger partial charge on any atom is 0.358 e. The summed E-state index contributed by atoms with van der Waals surface area (Å²) in [5.74, 6) is 1.49. The molecule has 1 N–H and O–H groups in total. The van der Waals surface area contributed by atoms with E-state index in [1.807, 2.05) is 67.6 Å². The summed E-state index contributed by atoms with van der Waals surface area (Å²) in [7, 11) is 0. The van der Waals surface area contributed by atoms with Crippen LogP contribution in [0.5, 0.6) is 11.5 Å². The van der Waals surface area contributed by atoms with Crippen molar-refractivity contribution >= 4 is 33.3 Å². The number of ether oxygens (including phenoxy) is 1. The summed E-state index contributed by atoms with van der Waals surface area (Å²) in [4.78, 5) is 17.4. The van der Waals surface area contributed by atoms with Gasteiger partial charge in [0, 0.05) is 10.6 Å². The maximum atomic E-state index is 12.0. The first-order valence-corrected chi connectivity index (χ1v) is 8.50. The number of anilines is 2. The molecule has 0 aliphatic carbocycles. The van der Waals surface area contributed by atoms with Crippen molar-refractivity contribution in [2.75, 3.05) is 5.32 Å². The van der Waals surface area contributed by atoms with E-state index in [1.165, 1.54) is 11.3 Å². The summed E-state index contributed by atoms with van der Waals surface area (Å²) in [6, 6.07) is 18.9. The van der Waals surface area contributed by atoms with Gasteiger partial charge in [-0.25, -0.2) is 4.79 Å². The van der Waals surface area contributed by atoms with E-state index >= 15 is 0 Å². The Morgan fingerprint density at radius 3 is 2.52 bits per heavy atom. The summed E-state index contributed by atoms with van der Waals surface area (Å²) < 4.78 is 11.5. The molecule has 124 valence electrons. The second-order valence-corrected chi connectivity index (χ2v) is 6.70. The van der Waals surface area contributed by atoms with Crippen LogP contribution in [0.15, 0.2) is 69.9 Å². The number of rotatable bonds is 4. The lowest BCUT2D eigenvalue weighted by molar-refractivity contribution is 0.482. The Balaban J connectivity index is 1.54. The normalized spacial score (nSPS) is 10.8. The molecule has 0 saturated carbocycles. The average Bonchev–Trinajstić information content (AvgIpc) is 2.99. The predicted octanol–water partition coefficient (Wildman–Crippen LogP) is 5.09. The van der Waals surface area contributed by atoms with Crippen molar-refractivity contribution in [3.8, 4) is 11.5 Å². The number of nitrogens with one attached hydrogen (secondary N) is 1. The Labute approximate surface area is 147 Å². The molecular weight excluding hydrogens is 336 g/mol. The molecule has 0 atom stereocenters. The van der Waals surface area contributed by atoms with Crippen molar-refractivity contribution in [3.63, 3.8) is 0 Å². The largest absolute Gasteiger partial charge is 0.457 e. The molecule has 0 radical (unpaired) electrons. The van der Waals surface area contributed by atoms with E-state index in [9.17, 15) is 4.79 Å². The second-order valence-electron chi connectivity index (χ2n) is 5.44. The lowest BCUT2D eigenvalue weighted by Gasteiger charge is -2.07. The lowest BCUT2D eigenvalue weighted by Crippen LogP contribution is -2.03. The first-order chi connectivity index (χ1) is 12.2. The fourth-order valence-corrected chi connectivity index (χ4v) is 3.23. The molecule has 6 heteroatoms. The fourth-order valence-electron chi connectivity index (χ4n) is 2.40. The van der Waals surface area contributed by atoms with Gasteiger partial charge in [-0.2, -0.15) is 4.98 Å². The van der Waals surface area contributed by atoms with E-state index in [2.05, 4.69) is 10.3 Å². The maximum absolute atomic E-state index is 12.0. The molecular formula is C19H14N2O3S. The standard InChI is InChI=1S/C19H14N2O3S/c1-12-11-16-17(25-12)18(22)24-19(21-16)20-13-7-9-15(10-8-13)23-14-5-3-2-4-6-14/h2-11H,1H3,(H,20,21). The number of hydrogen-bond acceptors (Lipinski definition) is 6. The van der Waals surface area contributed by atoms with Gasteiger partial charge < -0.3 is 14.5 Å². The third-order valence-corrected chi connectivity index (χ3v) is 4.54. The molecule has 0 amide bonds. The van der Waals surface area contributed by atoms with Crippen LogP contribution in [-0.2, 0) is 0 Å². The summed E-state index contributed by atoms with van der Waals surface area (Å²) in [5.41, 5.74) is 1.02. The number of nitrogens with zero attached hydrogens (tertiary/aromatic N) is 1. The van der Waals surface area contributed by atoms with Crippen LogP contribution in [0.25, 0.3) is 10.2 Å². The predicted molar refractivity (Wildman–Crippen MR) is 99.1 cm³/mol. The molecule has 0 bridgehead atoms. The summed E-state index contributed by atoms with van der Waals surface area (Å²) >= 11 is 1.38. The molecule has 4 aromatic rings. The van der Waals surface area contributed by atoms with Gasteiger partial charge in [-0.1, -0.05) is 18.2 Å². The molecule has 2 heterocycles. The van der Waals surface area contributed by atoms with Gasteiger partial charge >= 0.3 is 11.6 Å². The smallest absolute Gasteiger partial charge is 0.358 e. The third-order valence-electron chi connectivity index (χ3n) is 3.52. The van der Waals surface area contributed by atoms with Crippen LogP contribution in [0.4, 0.5) is 11.7 Å². The van der Waals surface area contributed by atoms with Crippen LogP contribution in [0.2, 0.25) is 0 Å². The zero-order valence-electron chi connectivity index (χ0n) is 13.4. The molecule has 2 aromatic carbocycles. The van der Waals surface area contributed by atoms with E-state index in [0.29, 0.717) is 10.2 Å². The van der Waals surface area contributed by atoms with Gasteiger partial charge in [0.2, 0.25) is 0 Å². The summed E-state index contributed by atoms with van der Waals surface area (Å²) in [5, 5.41) is 3.01. The highest BCUT2D eigenvalue weighted by Crippen LogP contribution is 2.25. The molecule has 2 aromatic heterocycles. The van der Waals surface area contributed by atoms with Crippen molar-refractivity contribution in [2.45, 2.75) is 6.92 Å². The van der Waals surface area contributed by atoms with Crippen LogP contribution in [-0.4, -0.2) is 4.98 Å². The average molecular weight is 350 g/mol. The zero-order chi connectivity index (χ0) is 17.2. The SMILES string of the molecule is Cc1cc2nc(Nc3ccc(Oc4ccccc4)cc3)oc(=O)c2s1. The molecule has 0 saturated heterocycles. The molecule has 0 aliphatic heterocycles. The molecule has 0 spiro atoms. The van der Waals surface area contributed by atoms with E-state index in [0.717, 1.165) is 22.1 Å². The number of aryl methyl sites for hydroxylation is 1. The highest BCUT2D eigenvalue weighted by atomic mass is 32.1. The Bertz CT molecular complexity index is 1070. The third kappa shape index (κ3) is 3.39. The Kier molecular flexibility index (Phi) is 3.95. The summed E-state index contributed by atoms with van der Waals surface area (Å²) in [6.07, 6.45) is 0. The molecule has 5 nitrogen and oxygen atoms in total. The monoisotopic (exact) mass is 350 g/mol. The minimum atomic E-state index is -0.380. The number of thiophene rings is 1. The van der Waals surface area contributed by atoms with Crippen molar-refractivity contribution in [3.05, 3.63) is 76.0 Å². The van der Waals surface area contributed by atoms with Crippen LogP contribution in [0, 0.1) is 6.92 Å². The lowest BCUT2D eigenvalue weighted by atomic mass is 10.3. The van der Waals surface area contributed by atoms with Gasteiger partial charge in [0.1, 0.15) is 16.2 Å². The second kappa shape index (κ2) is 6.41. The molecule has 0 fully saturated rings. The Morgan fingerprint density at radius 2 is 1.76 bits per heavy atom. The van der Waals surface area contributed by atoms with Crippen molar-refractivity contribution in [1.29, 1.82) is 0 Å². The molecule has 0 unspecified atom stereocenters. The van der Waals surface area contributed by atoms with E-state index in [1.54, 1.807) is 0 Å². The number of fused-ring (bicyclic) bond motifs is 1. The Hall–Kier alpha value is -3.12. The van der Waals surface area contributed by atoms with Crippen LogP contribution in [0.1, 0.15) is 4.88 Å². The molecule has 0 aliphatic rings. The van der Waals surface area contributed by atoms with E-state index in [-0.39, 0.29) is 11.6 Å². The Morgan fingerprint density at radius 1 is 1.04 bits per heavy atom. The van der Waals surface area contributed by atoms with Gasteiger partial charge in [-0.05, 0) is 49.4 Å². The number of benzene rings is 2. The minimum Gasteiger partial charge on any atom is -0.457 e. The van der Waals surface area contributed by atoms with Crippen LogP contribution < -0.4 is 15.7 Å². The number of para-hydroxylation sites is 1. The highest BCUT2D eigenvalue weighted by Gasteiger charge is 2.09.